The predicted molar refractivity (Wildman–Crippen MR) is 88.0 cm³/mol. The van der Waals surface area contributed by atoms with Crippen molar-refractivity contribution in [1.29, 1.82) is 0 Å². The van der Waals surface area contributed by atoms with Crippen LogP contribution in [0.3, 0.4) is 0 Å². The van der Waals surface area contributed by atoms with Gasteiger partial charge in [-0.05, 0) is 48.2 Å². The first-order valence-electron chi connectivity index (χ1n) is 7.56. The molecule has 0 aliphatic carbocycles. The van der Waals surface area contributed by atoms with Gasteiger partial charge >= 0.3 is 6.03 Å². The second-order valence-electron chi connectivity index (χ2n) is 5.19. The van der Waals surface area contributed by atoms with Crippen molar-refractivity contribution >= 4 is 6.03 Å². The molecule has 2 amide bonds. The summed E-state index contributed by atoms with van der Waals surface area (Å²) in [5.41, 5.74) is 2.07. The standard InChI is InChI=1S/C18H21FN2O2/c1-23-17-10-6-14(7-11-17)3-2-12-20-18(22)21-13-15-4-8-16(19)9-5-15/h4-11H,2-3,12-13H2,1H3,(H2,20,21,22). The highest BCUT2D eigenvalue weighted by Crippen LogP contribution is 2.12. The fourth-order valence-electron chi connectivity index (χ4n) is 2.13. The lowest BCUT2D eigenvalue weighted by molar-refractivity contribution is 0.240. The number of urea groups is 1. The summed E-state index contributed by atoms with van der Waals surface area (Å²) >= 11 is 0. The second-order valence-corrected chi connectivity index (χ2v) is 5.19. The summed E-state index contributed by atoms with van der Waals surface area (Å²) in [7, 11) is 1.64. The number of aryl methyl sites for hydroxylation is 1. The maximum Gasteiger partial charge on any atom is 0.315 e. The molecule has 2 N–H and O–H groups in total. The molecule has 0 aliphatic rings. The van der Waals surface area contributed by atoms with Crippen LogP contribution in [0.4, 0.5) is 9.18 Å². The van der Waals surface area contributed by atoms with Gasteiger partial charge in [0.15, 0.2) is 0 Å². The number of carbonyl (C=O) groups is 1. The molecule has 0 bridgehead atoms. The monoisotopic (exact) mass is 316 g/mol. The number of hydrogen-bond donors (Lipinski definition) is 2. The van der Waals surface area contributed by atoms with Crippen molar-refractivity contribution in [3.05, 3.63) is 65.5 Å². The third-order valence-electron chi connectivity index (χ3n) is 3.45. The van der Waals surface area contributed by atoms with Crippen molar-refractivity contribution in [3.8, 4) is 5.75 Å². The third-order valence-corrected chi connectivity index (χ3v) is 3.45. The SMILES string of the molecule is COc1ccc(CCCNC(=O)NCc2ccc(F)cc2)cc1. The molecule has 0 atom stereocenters. The molecule has 2 aromatic carbocycles. The molecule has 23 heavy (non-hydrogen) atoms. The molecule has 0 fully saturated rings. The molecule has 0 saturated heterocycles. The number of rotatable bonds is 7. The molecule has 0 heterocycles. The number of benzene rings is 2. The molecule has 0 radical (unpaired) electrons. The highest BCUT2D eigenvalue weighted by atomic mass is 19.1. The van der Waals surface area contributed by atoms with E-state index < -0.39 is 0 Å². The minimum absolute atomic E-state index is 0.218. The average molecular weight is 316 g/mol. The van der Waals surface area contributed by atoms with E-state index in [2.05, 4.69) is 10.6 Å². The zero-order valence-corrected chi connectivity index (χ0v) is 13.1. The third kappa shape index (κ3) is 5.98. The molecule has 5 heteroatoms. The van der Waals surface area contributed by atoms with Crippen LogP contribution in [0, 0.1) is 5.82 Å². The van der Waals surface area contributed by atoms with Crippen LogP contribution in [0.1, 0.15) is 17.5 Å². The first kappa shape index (κ1) is 16.8. The van der Waals surface area contributed by atoms with Crippen LogP contribution in [-0.4, -0.2) is 19.7 Å². The first-order chi connectivity index (χ1) is 11.2. The number of methoxy groups -OCH3 is 1. The highest BCUT2D eigenvalue weighted by Gasteiger charge is 2.01. The minimum atomic E-state index is -0.281. The van der Waals surface area contributed by atoms with E-state index in [1.807, 2.05) is 24.3 Å². The zero-order valence-electron chi connectivity index (χ0n) is 13.1. The maximum absolute atomic E-state index is 12.8. The normalized spacial score (nSPS) is 10.2. The van der Waals surface area contributed by atoms with Crippen molar-refractivity contribution in [2.45, 2.75) is 19.4 Å². The number of carbonyl (C=O) groups excluding carboxylic acids is 1. The van der Waals surface area contributed by atoms with Crippen LogP contribution in [0.15, 0.2) is 48.5 Å². The quantitative estimate of drug-likeness (QED) is 0.770. The van der Waals surface area contributed by atoms with E-state index in [4.69, 9.17) is 4.74 Å². The Morgan fingerprint density at radius 1 is 1.00 bits per heavy atom. The van der Waals surface area contributed by atoms with Gasteiger partial charge in [-0.3, -0.25) is 0 Å². The van der Waals surface area contributed by atoms with E-state index in [9.17, 15) is 9.18 Å². The summed E-state index contributed by atoms with van der Waals surface area (Å²) in [6.07, 6.45) is 1.75. The van der Waals surface area contributed by atoms with E-state index in [-0.39, 0.29) is 11.8 Å². The highest BCUT2D eigenvalue weighted by molar-refractivity contribution is 5.73. The van der Waals surface area contributed by atoms with E-state index in [1.54, 1.807) is 19.2 Å². The molecule has 0 spiro atoms. The van der Waals surface area contributed by atoms with Gasteiger partial charge in [-0.15, -0.1) is 0 Å². The second kappa shape index (κ2) is 8.78. The van der Waals surface area contributed by atoms with Crippen LogP contribution in [0.2, 0.25) is 0 Å². The van der Waals surface area contributed by atoms with Crippen LogP contribution in [0.25, 0.3) is 0 Å². The smallest absolute Gasteiger partial charge is 0.315 e. The molecule has 0 saturated carbocycles. The van der Waals surface area contributed by atoms with E-state index in [0.29, 0.717) is 13.1 Å². The number of ether oxygens (including phenoxy) is 1. The Morgan fingerprint density at radius 3 is 2.30 bits per heavy atom. The summed E-state index contributed by atoms with van der Waals surface area (Å²) in [5, 5.41) is 5.55. The summed E-state index contributed by atoms with van der Waals surface area (Å²) in [5.74, 6) is 0.559. The van der Waals surface area contributed by atoms with Crippen molar-refractivity contribution in [2.75, 3.05) is 13.7 Å². The Hall–Kier alpha value is -2.56. The van der Waals surface area contributed by atoms with Gasteiger partial charge in [-0.2, -0.15) is 0 Å². The molecule has 122 valence electrons. The predicted octanol–water partition coefficient (Wildman–Crippen LogP) is 3.27. The minimum Gasteiger partial charge on any atom is -0.497 e. The summed E-state index contributed by atoms with van der Waals surface area (Å²) in [4.78, 5) is 11.7. The fourth-order valence-corrected chi connectivity index (χ4v) is 2.13. The lowest BCUT2D eigenvalue weighted by Crippen LogP contribution is -2.35. The Kier molecular flexibility index (Phi) is 6.41. The maximum atomic E-state index is 12.8. The molecule has 0 unspecified atom stereocenters. The van der Waals surface area contributed by atoms with Crippen LogP contribution in [0.5, 0.6) is 5.75 Å². The Balaban J connectivity index is 1.61. The van der Waals surface area contributed by atoms with E-state index >= 15 is 0 Å². The zero-order chi connectivity index (χ0) is 16.5. The molecular formula is C18H21FN2O2. The Labute approximate surface area is 135 Å². The van der Waals surface area contributed by atoms with Gasteiger partial charge in [0, 0.05) is 13.1 Å². The van der Waals surface area contributed by atoms with Gasteiger partial charge in [0.1, 0.15) is 11.6 Å². The number of amides is 2. The average Bonchev–Trinajstić information content (AvgIpc) is 2.59. The topological polar surface area (TPSA) is 50.4 Å². The molecule has 0 aromatic heterocycles. The van der Waals surface area contributed by atoms with E-state index in [1.165, 1.54) is 17.7 Å². The summed E-state index contributed by atoms with van der Waals surface area (Å²) < 4.78 is 17.9. The first-order valence-corrected chi connectivity index (χ1v) is 7.56. The fraction of sp³-hybridized carbons (Fsp3) is 0.278. The molecule has 2 rings (SSSR count). The van der Waals surface area contributed by atoms with Crippen molar-refractivity contribution in [2.24, 2.45) is 0 Å². The van der Waals surface area contributed by atoms with Crippen molar-refractivity contribution < 1.29 is 13.9 Å². The molecule has 4 nitrogen and oxygen atoms in total. The molecule has 2 aromatic rings. The van der Waals surface area contributed by atoms with E-state index in [0.717, 1.165) is 24.2 Å². The largest absolute Gasteiger partial charge is 0.497 e. The van der Waals surface area contributed by atoms with Gasteiger partial charge in [0.25, 0.3) is 0 Å². The van der Waals surface area contributed by atoms with Gasteiger partial charge < -0.3 is 15.4 Å². The van der Waals surface area contributed by atoms with Gasteiger partial charge in [-0.1, -0.05) is 24.3 Å². The lowest BCUT2D eigenvalue weighted by atomic mass is 10.1. The van der Waals surface area contributed by atoms with Crippen LogP contribution in [-0.2, 0) is 13.0 Å². The van der Waals surface area contributed by atoms with Gasteiger partial charge in [-0.25, -0.2) is 9.18 Å². The van der Waals surface area contributed by atoms with Crippen LogP contribution >= 0.6 is 0 Å². The van der Waals surface area contributed by atoms with Gasteiger partial charge in [0.2, 0.25) is 0 Å². The molecular weight excluding hydrogens is 295 g/mol. The lowest BCUT2D eigenvalue weighted by Gasteiger charge is -2.08. The summed E-state index contributed by atoms with van der Waals surface area (Å²) in [6, 6.07) is 13.7. The van der Waals surface area contributed by atoms with Gasteiger partial charge in [0.05, 0.1) is 7.11 Å². The molecule has 0 aliphatic heterocycles. The van der Waals surface area contributed by atoms with Crippen molar-refractivity contribution in [3.63, 3.8) is 0 Å². The summed E-state index contributed by atoms with van der Waals surface area (Å²) in [6.45, 7) is 0.978. The van der Waals surface area contributed by atoms with Crippen LogP contribution < -0.4 is 15.4 Å². The number of hydrogen-bond acceptors (Lipinski definition) is 2. The van der Waals surface area contributed by atoms with Crippen molar-refractivity contribution in [1.82, 2.24) is 10.6 Å². The Bertz CT molecular complexity index is 612. The number of nitrogens with one attached hydrogen (secondary N) is 2. The number of halogens is 1. The Morgan fingerprint density at radius 2 is 1.65 bits per heavy atom.